The Balaban J connectivity index is 1.97. The van der Waals surface area contributed by atoms with Crippen molar-refractivity contribution in [3.8, 4) is 0 Å². The second-order valence-corrected chi connectivity index (χ2v) is 4.16. The van der Waals surface area contributed by atoms with Crippen LogP contribution >= 0.6 is 11.5 Å². The molecule has 0 aliphatic heterocycles. The number of hydrogen-bond acceptors (Lipinski definition) is 4. The molecule has 0 saturated heterocycles. The molecule has 2 rings (SSSR count). The first-order valence-corrected chi connectivity index (χ1v) is 5.12. The first kappa shape index (κ1) is 8.13. The Kier molecular flexibility index (Phi) is 2.37. The Hall–Kier alpha value is -0.480. The van der Waals surface area contributed by atoms with E-state index < -0.39 is 0 Å². The van der Waals surface area contributed by atoms with Gasteiger partial charge in [-0.05, 0) is 30.9 Å². The molecule has 3 nitrogen and oxygen atoms in total. The second-order valence-electron chi connectivity index (χ2n) is 3.34. The van der Waals surface area contributed by atoms with Crippen LogP contribution in [0.2, 0.25) is 0 Å². The molecule has 4 heteroatoms. The molecule has 1 fully saturated rings. The smallest absolute Gasteiger partial charge is 0.0669 e. The fourth-order valence-corrected chi connectivity index (χ4v) is 2.02. The van der Waals surface area contributed by atoms with E-state index in [2.05, 4.69) is 14.9 Å². The molecule has 1 aliphatic rings. The van der Waals surface area contributed by atoms with Gasteiger partial charge in [-0.3, -0.25) is 0 Å². The topological polar surface area (TPSA) is 37.8 Å². The van der Waals surface area contributed by atoms with E-state index in [0.717, 1.165) is 5.92 Å². The average Bonchev–Trinajstić information content (AvgIpc) is 2.74. The normalized spacial score (nSPS) is 19.4. The molecule has 1 saturated carbocycles. The van der Waals surface area contributed by atoms with Gasteiger partial charge in [0.15, 0.2) is 0 Å². The molecule has 0 radical (unpaired) electrons. The Bertz CT molecular complexity index is 230. The van der Waals surface area contributed by atoms with E-state index in [1.165, 1.54) is 35.7 Å². The molecule has 1 N–H and O–H groups in total. The third-order valence-corrected chi connectivity index (χ3v) is 3.11. The molecule has 1 aromatic rings. The zero-order chi connectivity index (χ0) is 8.39. The monoisotopic (exact) mass is 183 g/mol. The van der Waals surface area contributed by atoms with Crippen LogP contribution in [-0.2, 0) is 0 Å². The van der Waals surface area contributed by atoms with E-state index >= 15 is 0 Å². The van der Waals surface area contributed by atoms with Crippen molar-refractivity contribution in [2.45, 2.75) is 25.3 Å². The Labute approximate surface area is 76.4 Å². The van der Waals surface area contributed by atoms with Crippen molar-refractivity contribution in [3.63, 3.8) is 0 Å². The highest BCUT2D eigenvalue weighted by Gasteiger charge is 2.26. The lowest BCUT2D eigenvalue weighted by molar-refractivity contribution is 0.521. The quantitative estimate of drug-likeness (QED) is 0.770. The van der Waals surface area contributed by atoms with E-state index in [4.69, 9.17) is 0 Å². The van der Waals surface area contributed by atoms with Crippen LogP contribution in [0.5, 0.6) is 0 Å². The SMILES string of the molecule is CNC(CC1CC1)c1cnns1. The molecule has 0 spiro atoms. The number of rotatable bonds is 4. The van der Waals surface area contributed by atoms with E-state index in [9.17, 15) is 0 Å². The van der Waals surface area contributed by atoms with Gasteiger partial charge in [-0.1, -0.05) is 17.3 Å². The summed E-state index contributed by atoms with van der Waals surface area (Å²) in [5.41, 5.74) is 0. The van der Waals surface area contributed by atoms with Gasteiger partial charge in [0.25, 0.3) is 0 Å². The zero-order valence-electron chi connectivity index (χ0n) is 7.16. The van der Waals surface area contributed by atoms with Crippen molar-refractivity contribution in [1.29, 1.82) is 0 Å². The van der Waals surface area contributed by atoms with Crippen molar-refractivity contribution in [1.82, 2.24) is 14.9 Å². The van der Waals surface area contributed by atoms with Gasteiger partial charge in [-0.25, -0.2) is 0 Å². The van der Waals surface area contributed by atoms with Crippen molar-refractivity contribution < 1.29 is 0 Å². The summed E-state index contributed by atoms with van der Waals surface area (Å²) in [7, 11) is 2.01. The lowest BCUT2D eigenvalue weighted by Gasteiger charge is -2.11. The van der Waals surface area contributed by atoms with Gasteiger partial charge in [0, 0.05) is 6.04 Å². The standard InChI is InChI=1S/C8H13N3S/c1-9-7(4-6-2-3-6)8-5-10-11-12-8/h5-7,9H,2-4H2,1H3. The van der Waals surface area contributed by atoms with Gasteiger partial charge >= 0.3 is 0 Å². The van der Waals surface area contributed by atoms with Crippen LogP contribution in [0.4, 0.5) is 0 Å². The summed E-state index contributed by atoms with van der Waals surface area (Å²) >= 11 is 1.50. The highest BCUT2D eigenvalue weighted by Crippen LogP contribution is 2.37. The van der Waals surface area contributed by atoms with E-state index in [1.807, 2.05) is 13.2 Å². The molecule has 0 aromatic carbocycles. The lowest BCUT2D eigenvalue weighted by atomic mass is 10.1. The maximum atomic E-state index is 3.87. The van der Waals surface area contributed by atoms with Crippen molar-refractivity contribution in [2.75, 3.05) is 7.05 Å². The first-order chi connectivity index (χ1) is 5.90. The lowest BCUT2D eigenvalue weighted by Crippen LogP contribution is -2.15. The predicted molar refractivity (Wildman–Crippen MR) is 49.1 cm³/mol. The summed E-state index contributed by atoms with van der Waals surface area (Å²) < 4.78 is 3.87. The summed E-state index contributed by atoms with van der Waals surface area (Å²) in [5.74, 6) is 0.949. The van der Waals surface area contributed by atoms with Crippen molar-refractivity contribution in [3.05, 3.63) is 11.1 Å². The summed E-state index contributed by atoms with van der Waals surface area (Å²) in [6, 6.07) is 0.484. The highest BCUT2D eigenvalue weighted by atomic mass is 32.1. The molecule has 0 amide bonds. The molecule has 0 bridgehead atoms. The minimum absolute atomic E-state index is 0.484. The van der Waals surface area contributed by atoms with E-state index in [-0.39, 0.29) is 0 Å². The summed E-state index contributed by atoms with van der Waals surface area (Å²) in [5, 5.41) is 7.15. The van der Waals surface area contributed by atoms with Gasteiger partial charge in [0.1, 0.15) is 0 Å². The minimum Gasteiger partial charge on any atom is -0.312 e. The molecular formula is C8H13N3S. The first-order valence-electron chi connectivity index (χ1n) is 4.34. The van der Waals surface area contributed by atoms with Crippen molar-refractivity contribution >= 4 is 11.5 Å². The predicted octanol–water partition coefficient (Wildman–Crippen LogP) is 1.60. The fraction of sp³-hybridized carbons (Fsp3) is 0.750. The minimum atomic E-state index is 0.484. The van der Waals surface area contributed by atoms with Gasteiger partial charge in [0.2, 0.25) is 0 Å². The Morgan fingerprint density at radius 1 is 1.75 bits per heavy atom. The largest absolute Gasteiger partial charge is 0.312 e. The Morgan fingerprint density at radius 3 is 3.08 bits per heavy atom. The number of hydrogen-bond donors (Lipinski definition) is 1. The van der Waals surface area contributed by atoms with Crippen LogP contribution < -0.4 is 5.32 Å². The molecule has 66 valence electrons. The molecule has 1 heterocycles. The number of nitrogens with zero attached hydrogens (tertiary/aromatic N) is 2. The number of nitrogens with one attached hydrogen (secondary N) is 1. The summed E-state index contributed by atoms with van der Waals surface area (Å²) in [6.07, 6.45) is 5.93. The molecule has 1 atom stereocenters. The second kappa shape index (κ2) is 3.49. The molecule has 12 heavy (non-hydrogen) atoms. The maximum absolute atomic E-state index is 3.87. The van der Waals surface area contributed by atoms with Gasteiger partial charge in [-0.15, -0.1) is 5.10 Å². The van der Waals surface area contributed by atoms with Crippen molar-refractivity contribution in [2.24, 2.45) is 5.92 Å². The summed E-state index contributed by atoms with van der Waals surface area (Å²) in [4.78, 5) is 1.27. The fourth-order valence-electron chi connectivity index (χ4n) is 1.39. The van der Waals surface area contributed by atoms with Crippen LogP contribution in [0.15, 0.2) is 6.20 Å². The van der Waals surface area contributed by atoms with Crippen LogP contribution in [-0.4, -0.2) is 16.6 Å². The maximum Gasteiger partial charge on any atom is 0.0669 e. The van der Waals surface area contributed by atoms with Crippen LogP contribution in [0.1, 0.15) is 30.2 Å². The Morgan fingerprint density at radius 2 is 2.58 bits per heavy atom. The summed E-state index contributed by atoms with van der Waals surface area (Å²) in [6.45, 7) is 0. The van der Waals surface area contributed by atoms with Crippen LogP contribution in [0.25, 0.3) is 0 Å². The van der Waals surface area contributed by atoms with Gasteiger partial charge in [-0.2, -0.15) is 0 Å². The van der Waals surface area contributed by atoms with E-state index in [0.29, 0.717) is 6.04 Å². The van der Waals surface area contributed by atoms with Crippen LogP contribution in [0.3, 0.4) is 0 Å². The number of aromatic nitrogens is 2. The van der Waals surface area contributed by atoms with Gasteiger partial charge in [0.05, 0.1) is 11.1 Å². The third kappa shape index (κ3) is 1.81. The zero-order valence-corrected chi connectivity index (χ0v) is 7.97. The van der Waals surface area contributed by atoms with E-state index in [1.54, 1.807) is 0 Å². The molecule has 1 unspecified atom stereocenters. The molecular weight excluding hydrogens is 170 g/mol. The molecule has 1 aliphatic carbocycles. The average molecular weight is 183 g/mol. The van der Waals surface area contributed by atoms with Crippen LogP contribution in [0, 0.1) is 5.92 Å². The third-order valence-electron chi connectivity index (χ3n) is 2.34. The molecule has 1 aromatic heterocycles. The highest BCUT2D eigenvalue weighted by molar-refractivity contribution is 7.05. The van der Waals surface area contributed by atoms with Gasteiger partial charge < -0.3 is 5.32 Å².